The molecule has 0 heterocycles. The quantitative estimate of drug-likeness (QED) is 0.581. The van der Waals surface area contributed by atoms with E-state index < -0.39 is 60.1 Å². The van der Waals surface area contributed by atoms with Gasteiger partial charge in [0.25, 0.3) is 0 Å². The van der Waals surface area contributed by atoms with Crippen LogP contribution in [-0.2, 0) is 9.59 Å². The number of carbonyl (C=O) groups excluding carboxylic acids is 1. The van der Waals surface area contributed by atoms with Gasteiger partial charge in [-0.15, -0.1) is 0 Å². The lowest BCUT2D eigenvalue weighted by molar-refractivity contribution is -0.434. The lowest BCUT2D eigenvalue weighted by atomic mass is 9.88. The number of aliphatic carboxylic acids is 1. The van der Waals surface area contributed by atoms with Crippen LogP contribution >= 0.6 is 0 Å². The maximum atomic E-state index is 13.1. The zero-order chi connectivity index (χ0) is 22.7. The molecular weight excluding hydrogens is 434 g/mol. The molecule has 0 fully saturated rings. The van der Waals surface area contributed by atoms with E-state index in [1.165, 1.54) is 0 Å². The van der Waals surface area contributed by atoms with Crippen LogP contribution < -0.4 is 0 Å². The van der Waals surface area contributed by atoms with Crippen molar-refractivity contribution in [2.75, 3.05) is 0 Å². The molecule has 0 spiro atoms. The van der Waals surface area contributed by atoms with Gasteiger partial charge in [0.05, 0.1) is 0 Å². The first kappa shape index (κ1) is 25.2. The molecule has 0 aromatic carbocycles. The fraction of sp³-hybridized carbons (Fsp3) is 0.800. The first-order valence-corrected chi connectivity index (χ1v) is 5.78. The number of halogens is 14. The van der Waals surface area contributed by atoms with Crippen molar-refractivity contribution in [3.63, 3.8) is 0 Å². The third-order valence-electron chi connectivity index (χ3n) is 3.08. The van der Waals surface area contributed by atoms with Crippen LogP contribution in [0.1, 0.15) is 6.92 Å². The first-order valence-electron chi connectivity index (χ1n) is 5.78. The van der Waals surface area contributed by atoms with Crippen LogP contribution in [0.15, 0.2) is 0 Å². The number of alkyl halides is 14. The van der Waals surface area contributed by atoms with Crippen molar-refractivity contribution >= 4 is 11.8 Å². The fourth-order valence-electron chi connectivity index (χ4n) is 1.34. The Morgan fingerprint density at radius 2 is 0.741 bits per heavy atom. The topological polar surface area (TPSA) is 54.4 Å². The summed E-state index contributed by atoms with van der Waals surface area (Å²) < 4.78 is 181. The van der Waals surface area contributed by atoms with Crippen molar-refractivity contribution in [2.45, 2.75) is 48.4 Å². The highest BCUT2D eigenvalue weighted by Gasteiger charge is 2.94. The lowest BCUT2D eigenvalue weighted by Gasteiger charge is -2.41. The van der Waals surface area contributed by atoms with Crippen LogP contribution in [0.25, 0.3) is 0 Å². The van der Waals surface area contributed by atoms with E-state index in [4.69, 9.17) is 5.11 Å². The molecule has 1 N–H and O–H groups in total. The standard InChI is InChI=1S/C10H4F14O3/c1-2(25)4(11,12)6(15,16)8(19,20)10(23,24)9(21,22)7(17,18)5(13,14)3(26)27/h1H3,(H,26,27). The predicted octanol–water partition coefficient (Wildman–Crippen LogP) is 4.11. The Kier molecular flexibility index (Phi) is 5.67. The van der Waals surface area contributed by atoms with Crippen molar-refractivity contribution in [1.29, 1.82) is 0 Å². The second-order valence-corrected chi connectivity index (χ2v) is 4.88. The normalized spacial score (nSPS) is 15.7. The summed E-state index contributed by atoms with van der Waals surface area (Å²) in [5.74, 6) is -62.3. The minimum absolute atomic E-state index is 0.590. The molecule has 0 saturated heterocycles. The van der Waals surface area contributed by atoms with Crippen LogP contribution in [0.4, 0.5) is 61.5 Å². The van der Waals surface area contributed by atoms with E-state index in [0.717, 1.165) is 0 Å². The molecule has 0 radical (unpaired) electrons. The Morgan fingerprint density at radius 1 is 0.519 bits per heavy atom. The number of ketones is 1. The summed E-state index contributed by atoms with van der Waals surface area (Å²) in [6, 6.07) is 0. The van der Waals surface area contributed by atoms with Gasteiger partial charge in [-0.3, -0.25) is 4.79 Å². The molecule has 0 aliphatic carbocycles. The zero-order valence-corrected chi connectivity index (χ0v) is 12.1. The van der Waals surface area contributed by atoms with Crippen molar-refractivity contribution in [3.05, 3.63) is 0 Å². The van der Waals surface area contributed by atoms with Crippen molar-refractivity contribution in [2.24, 2.45) is 0 Å². The summed E-state index contributed by atoms with van der Waals surface area (Å²) >= 11 is 0. The van der Waals surface area contributed by atoms with Gasteiger partial charge in [-0.1, -0.05) is 0 Å². The van der Waals surface area contributed by atoms with E-state index in [1.54, 1.807) is 0 Å². The summed E-state index contributed by atoms with van der Waals surface area (Å²) in [6.45, 7) is -0.590. The molecule has 3 nitrogen and oxygen atoms in total. The minimum atomic E-state index is -8.40. The average Bonchev–Trinajstić information content (AvgIpc) is 2.45. The zero-order valence-electron chi connectivity index (χ0n) is 12.1. The third kappa shape index (κ3) is 2.88. The number of carbonyl (C=O) groups is 2. The molecule has 17 heteroatoms. The molecule has 0 atom stereocenters. The molecule has 0 amide bonds. The Balaban J connectivity index is 6.70. The van der Waals surface area contributed by atoms with Gasteiger partial charge in [0.1, 0.15) is 0 Å². The van der Waals surface area contributed by atoms with E-state index in [1.807, 2.05) is 0 Å². The van der Waals surface area contributed by atoms with Crippen LogP contribution in [0.2, 0.25) is 0 Å². The number of rotatable bonds is 8. The molecule has 0 rings (SSSR count). The fourth-order valence-corrected chi connectivity index (χ4v) is 1.34. The Bertz CT molecular complexity index is 571. The first-order chi connectivity index (χ1) is 11.4. The smallest absolute Gasteiger partial charge is 0.410 e. The van der Waals surface area contributed by atoms with Crippen molar-refractivity contribution < 1.29 is 76.2 Å². The maximum absolute atomic E-state index is 13.1. The van der Waals surface area contributed by atoms with E-state index >= 15 is 0 Å². The van der Waals surface area contributed by atoms with Crippen LogP contribution in [0.5, 0.6) is 0 Å². The monoisotopic (exact) mass is 438 g/mol. The Labute approximate surface area is 137 Å². The van der Waals surface area contributed by atoms with E-state index in [-0.39, 0.29) is 0 Å². The number of carboxylic acids is 1. The second-order valence-electron chi connectivity index (χ2n) is 4.88. The van der Waals surface area contributed by atoms with Crippen molar-refractivity contribution in [3.8, 4) is 0 Å². The highest BCUT2D eigenvalue weighted by molar-refractivity contribution is 5.84. The SMILES string of the molecule is CC(=O)C(F)(F)C(F)(F)C(F)(F)C(F)(F)C(F)(F)C(F)(F)C(F)(F)C(=O)O. The molecule has 0 aliphatic rings. The van der Waals surface area contributed by atoms with Gasteiger partial charge in [0.15, 0.2) is 0 Å². The number of Topliss-reactive ketones (excluding diaryl/α,β-unsaturated/α-hetero) is 1. The van der Waals surface area contributed by atoms with Gasteiger partial charge in [-0.2, -0.15) is 61.5 Å². The van der Waals surface area contributed by atoms with Gasteiger partial charge in [0, 0.05) is 6.92 Å². The van der Waals surface area contributed by atoms with Crippen molar-refractivity contribution in [1.82, 2.24) is 0 Å². The highest BCUT2D eigenvalue weighted by atomic mass is 19.4. The summed E-state index contributed by atoms with van der Waals surface area (Å²) in [4.78, 5) is 20.1. The average molecular weight is 438 g/mol. The third-order valence-corrected chi connectivity index (χ3v) is 3.08. The van der Waals surface area contributed by atoms with Gasteiger partial charge in [0.2, 0.25) is 5.78 Å². The van der Waals surface area contributed by atoms with Gasteiger partial charge in [-0.05, 0) is 0 Å². The summed E-state index contributed by atoms with van der Waals surface area (Å²) in [7, 11) is 0. The van der Waals surface area contributed by atoms with Crippen LogP contribution in [0, 0.1) is 0 Å². The predicted molar refractivity (Wildman–Crippen MR) is 52.9 cm³/mol. The van der Waals surface area contributed by atoms with E-state index in [0.29, 0.717) is 0 Å². The maximum Gasteiger partial charge on any atom is 0.410 e. The second kappa shape index (κ2) is 6.08. The van der Waals surface area contributed by atoms with Crippen LogP contribution in [-0.4, -0.2) is 58.3 Å². The molecule has 27 heavy (non-hydrogen) atoms. The van der Waals surface area contributed by atoms with Gasteiger partial charge < -0.3 is 5.11 Å². The number of hydrogen-bond donors (Lipinski definition) is 1. The summed E-state index contributed by atoms with van der Waals surface area (Å²) in [5.41, 5.74) is 0. The highest BCUT2D eigenvalue weighted by Crippen LogP contribution is 2.62. The molecule has 0 unspecified atom stereocenters. The molecule has 0 aliphatic heterocycles. The molecule has 0 aromatic heterocycles. The lowest BCUT2D eigenvalue weighted by Crippen LogP contribution is -2.74. The largest absolute Gasteiger partial charge is 0.477 e. The molecule has 0 saturated carbocycles. The number of hydrogen-bond acceptors (Lipinski definition) is 2. The molecule has 160 valence electrons. The van der Waals surface area contributed by atoms with Crippen LogP contribution in [0.3, 0.4) is 0 Å². The molecular formula is C10H4F14O3. The Morgan fingerprint density at radius 3 is 0.963 bits per heavy atom. The minimum Gasteiger partial charge on any atom is -0.477 e. The van der Waals surface area contributed by atoms with Gasteiger partial charge in [-0.25, -0.2) is 4.79 Å². The van der Waals surface area contributed by atoms with E-state index in [9.17, 15) is 71.1 Å². The Hall–Kier alpha value is -1.84. The van der Waals surface area contributed by atoms with E-state index in [2.05, 4.69) is 0 Å². The summed E-state index contributed by atoms with van der Waals surface area (Å²) in [6.07, 6.45) is 0. The molecule has 0 bridgehead atoms. The van der Waals surface area contributed by atoms with Gasteiger partial charge >= 0.3 is 47.4 Å². The molecule has 0 aromatic rings. The summed E-state index contributed by atoms with van der Waals surface area (Å²) in [5, 5.41) is 7.66. The number of carboxylic acid groups (broad SMARTS) is 1.